The van der Waals surface area contributed by atoms with E-state index in [1.165, 1.54) is 0 Å². The minimum Gasteiger partial charge on any atom is -0.491 e. The summed E-state index contributed by atoms with van der Waals surface area (Å²) in [5, 5.41) is 12.4. The fraction of sp³-hybridized carbons (Fsp3) is 0.429. The number of hydrogen-bond acceptors (Lipinski definition) is 3. The molecule has 0 bridgehead atoms. The number of aromatic nitrogens is 1. The second-order valence-corrected chi connectivity index (χ2v) is 8.63. The second kappa shape index (κ2) is 7.39. The number of carboxylic acid groups (broad SMARTS) is 1. The van der Waals surface area contributed by atoms with Crippen LogP contribution in [0.2, 0.25) is 5.15 Å². The number of halogens is 1. The first-order valence-corrected chi connectivity index (χ1v) is 9.42. The number of hydrogen-bond donors (Lipinski definition) is 2. The molecule has 5 nitrogen and oxygen atoms in total. The van der Waals surface area contributed by atoms with E-state index in [0.717, 1.165) is 24.0 Å². The van der Waals surface area contributed by atoms with E-state index in [0.29, 0.717) is 17.5 Å². The summed E-state index contributed by atoms with van der Waals surface area (Å²) in [7, 11) is 0. The number of carbonyl (C=O) groups is 1. The molecule has 3 rings (SSSR count). The number of rotatable bonds is 6. The van der Waals surface area contributed by atoms with E-state index in [9.17, 15) is 9.90 Å². The van der Waals surface area contributed by atoms with Gasteiger partial charge in [-0.25, -0.2) is 9.78 Å². The summed E-state index contributed by atoms with van der Waals surface area (Å²) in [5.41, 5.74) is 1.40. The number of nitrogens with one attached hydrogen (secondary N) is 1. The van der Waals surface area contributed by atoms with E-state index >= 15 is 0 Å². The predicted octanol–water partition coefficient (Wildman–Crippen LogP) is 5.24. The lowest BCUT2D eigenvalue weighted by atomic mass is 9.77. The molecule has 1 aliphatic rings. The Labute approximate surface area is 164 Å². The van der Waals surface area contributed by atoms with Crippen molar-refractivity contribution in [2.24, 2.45) is 10.8 Å². The molecule has 1 atom stereocenters. The number of benzene rings is 1. The molecule has 1 aromatic carbocycles. The minimum atomic E-state index is -0.999. The third kappa shape index (κ3) is 4.53. The summed E-state index contributed by atoms with van der Waals surface area (Å²) in [4.78, 5) is 15.5. The van der Waals surface area contributed by atoms with Crippen molar-refractivity contribution >= 4 is 17.7 Å². The van der Waals surface area contributed by atoms with Crippen LogP contribution < -0.4 is 10.1 Å². The molecular weight excluding hydrogens is 364 g/mol. The second-order valence-electron chi connectivity index (χ2n) is 8.27. The average Bonchev–Trinajstić information content (AvgIpc) is 3.39. The van der Waals surface area contributed by atoms with Crippen LogP contribution in [-0.4, -0.2) is 28.8 Å². The first-order chi connectivity index (χ1) is 12.7. The van der Waals surface area contributed by atoms with Crippen molar-refractivity contribution in [2.45, 2.75) is 39.7 Å². The van der Waals surface area contributed by atoms with Gasteiger partial charge in [-0.1, -0.05) is 62.7 Å². The van der Waals surface area contributed by atoms with Gasteiger partial charge in [0.2, 0.25) is 0 Å². The molecule has 6 heteroatoms. The van der Waals surface area contributed by atoms with Crippen LogP contribution in [0.5, 0.6) is 5.75 Å². The number of ether oxygens (including phenoxy) is 1. The predicted molar refractivity (Wildman–Crippen MR) is 106 cm³/mol. The van der Waals surface area contributed by atoms with Crippen molar-refractivity contribution in [1.29, 1.82) is 0 Å². The normalized spacial score (nSPS) is 16.4. The smallest absolute Gasteiger partial charge is 0.404 e. The Morgan fingerprint density at radius 2 is 2.00 bits per heavy atom. The van der Waals surface area contributed by atoms with E-state index in [2.05, 4.69) is 10.3 Å². The zero-order valence-corrected chi connectivity index (χ0v) is 16.6. The summed E-state index contributed by atoms with van der Waals surface area (Å²) in [6.45, 7) is 6.58. The summed E-state index contributed by atoms with van der Waals surface area (Å²) < 4.78 is 6.05. The molecule has 2 N–H and O–H groups in total. The highest BCUT2D eigenvalue weighted by atomic mass is 35.5. The molecule has 0 aliphatic heterocycles. The first kappa shape index (κ1) is 19.5. The maximum atomic E-state index is 11.3. The first-order valence-electron chi connectivity index (χ1n) is 9.04. The van der Waals surface area contributed by atoms with Crippen LogP contribution in [0.4, 0.5) is 4.79 Å². The van der Waals surface area contributed by atoms with Gasteiger partial charge in [0.25, 0.3) is 0 Å². The summed E-state index contributed by atoms with van der Waals surface area (Å²) in [6.07, 6.45) is 2.48. The SMILES string of the molecule is CC(C)(C)C(NC(=O)O)C1(COc2cnc(Cl)c(-c3ccccc3)c2)CC1. The van der Waals surface area contributed by atoms with Gasteiger partial charge in [0.1, 0.15) is 10.9 Å². The lowest BCUT2D eigenvalue weighted by Gasteiger charge is -2.37. The number of pyridine rings is 1. The van der Waals surface area contributed by atoms with E-state index in [1.807, 2.05) is 57.2 Å². The Morgan fingerprint density at radius 1 is 1.33 bits per heavy atom. The molecule has 2 aromatic rings. The van der Waals surface area contributed by atoms with Gasteiger partial charge in [-0.15, -0.1) is 0 Å². The zero-order chi connectivity index (χ0) is 19.7. The van der Waals surface area contributed by atoms with Crippen LogP contribution >= 0.6 is 11.6 Å². The topological polar surface area (TPSA) is 71.5 Å². The van der Waals surface area contributed by atoms with Crippen LogP contribution in [0.25, 0.3) is 11.1 Å². The third-order valence-corrected chi connectivity index (χ3v) is 5.36. The Hall–Kier alpha value is -2.27. The molecule has 1 unspecified atom stereocenters. The Bertz CT molecular complexity index is 814. The maximum absolute atomic E-state index is 11.3. The summed E-state index contributed by atoms with van der Waals surface area (Å²) >= 11 is 6.26. The van der Waals surface area contributed by atoms with E-state index in [4.69, 9.17) is 16.3 Å². The average molecular weight is 389 g/mol. The Kier molecular flexibility index (Phi) is 5.33. The number of amides is 1. The van der Waals surface area contributed by atoms with Crippen LogP contribution in [0.15, 0.2) is 42.6 Å². The van der Waals surface area contributed by atoms with Crippen molar-refractivity contribution in [1.82, 2.24) is 10.3 Å². The van der Waals surface area contributed by atoms with E-state index in [1.54, 1.807) is 6.20 Å². The molecule has 0 spiro atoms. The molecule has 1 fully saturated rings. The molecule has 1 aliphatic carbocycles. The molecule has 27 heavy (non-hydrogen) atoms. The van der Waals surface area contributed by atoms with Gasteiger partial charge in [-0.3, -0.25) is 0 Å². The highest BCUT2D eigenvalue weighted by Gasteiger charge is 2.54. The van der Waals surface area contributed by atoms with Gasteiger partial charge in [-0.2, -0.15) is 0 Å². The van der Waals surface area contributed by atoms with Crippen LogP contribution in [0.1, 0.15) is 33.6 Å². The standard InChI is InChI=1S/C21H25ClN2O3/c1-20(2,3)18(24-19(25)26)21(9-10-21)13-27-15-11-16(17(22)23-12-15)14-7-5-4-6-8-14/h4-8,11-12,18,24H,9-10,13H2,1-3H3,(H,25,26). The van der Waals surface area contributed by atoms with Gasteiger partial charge in [0.15, 0.2) is 0 Å². The van der Waals surface area contributed by atoms with Crippen molar-refractivity contribution in [3.05, 3.63) is 47.7 Å². The fourth-order valence-corrected chi connectivity index (χ4v) is 3.86. The molecule has 1 amide bonds. The third-order valence-electron chi connectivity index (χ3n) is 5.06. The van der Waals surface area contributed by atoms with Gasteiger partial charge in [0.05, 0.1) is 12.8 Å². The highest BCUT2D eigenvalue weighted by molar-refractivity contribution is 6.32. The minimum absolute atomic E-state index is 0.184. The van der Waals surface area contributed by atoms with Crippen molar-refractivity contribution in [3.8, 4) is 16.9 Å². The van der Waals surface area contributed by atoms with Crippen LogP contribution in [0, 0.1) is 10.8 Å². The van der Waals surface area contributed by atoms with E-state index in [-0.39, 0.29) is 16.9 Å². The molecule has 1 saturated carbocycles. The van der Waals surface area contributed by atoms with Gasteiger partial charge in [-0.05, 0) is 29.9 Å². The van der Waals surface area contributed by atoms with Crippen molar-refractivity contribution in [2.75, 3.05) is 6.61 Å². The molecule has 1 aromatic heterocycles. The van der Waals surface area contributed by atoms with Gasteiger partial charge < -0.3 is 15.2 Å². The molecule has 1 heterocycles. The quantitative estimate of drug-likeness (QED) is 0.663. The van der Waals surface area contributed by atoms with Crippen molar-refractivity contribution in [3.63, 3.8) is 0 Å². The van der Waals surface area contributed by atoms with Crippen LogP contribution in [0.3, 0.4) is 0 Å². The molecular formula is C21H25ClN2O3. The van der Waals surface area contributed by atoms with Gasteiger partial charge in [0, 0.05) is 17.0 Å². The maximum Gasteiger partial charge on any atom is 0.404 e. The molecule has 144 valence electrons. The zero-order valence-electron chi connectivity index (χ0n) is 15.8. The summed E-state index contributed by atoms with van der Waals surface area (Å²) in [5.74, 6) is 0.632. The summed E-state index contributed by atoms with van der Waals surface area (Å²) in [6, 6.07) is 11.5. The highest BCUT2D eigenvalue weighted by Crippen LogP contribution is 2.53. The molecule has 0 radical (unpaired) electrons. The monoisotopic (exact) mass is 388 g/mol. The largest absolute Gasteiger partial charge is 0.491 e. The molecule has 0 saturated heterocycles. The lowest BCUT2D eigenvalue weighted by molar-refractivity contribution is 0.111. The Morgan fingerprint density at radius 3 is 2.56 bits per heavy atom. The van der Waals surface area contributed by atoms with Crippen molar-refractivity contribution < 1.29 is 14.6 Å². The lowest BCUT2D eigenvalue weighted by Crippen LogP contribution is -2.51. The Balaban J connectivity index is 1.77. The number of nitrogens with zero attached hydrogens (tertiary/aromatic N) is 1. The van der Waals surface area contributed by atoms with Gasteiger partial charge >= 0.3 is 6.09 Å². The van der Waals surface area contributed by atoms with E-state index < -0.39 is 6.09 Å². The van der Waals surface area contributed by atoms with Crippen LogP contribution in [-0.2, 0) is 0 Å². The fourth-order valence-electron chi connectivity index (χ4n) is 3.64.